The van der Waals surface area contributed by atoms with Crippen molar-refractivity contribution in [2.24, 2.45) is 4.99 Å². The van der Waals surface area contributed by atoms with Gasteiger partial charge in [-0.25, -0.2) is 9.79 Å². The molecule has 0 spiro atoms. The summed E-state index contributed by atoms with van der Waals surface area (Å²) >= 11 is 0. The lowest BCUT2D eigenvalue weighted by atomic mass is 10.4. The first-order chi connectivity index (χ1) is 5.07. The second-order valence-electron chi connectivity index (χ2n) is 2.00. The minimum atomic E-state index is -0.459. The van der Waals surface area contributed by atoms with Gasteiger partial charge in [0.15, 0.2) is 0 Å². The lowest BCUT2D eigenvalue weighted by Crippen LogP contribution is -2.15. The van der Waals surface area contributed by atoms with Crippen LogP contribution in [-0.4, -0.2) is 24.1 Å². The molecule has 0 unspecified atom stereocenters. The molecular weight excluding hydrogens is 144 g/mol. The maximum atomic E-state index is 10.8. The molecule has 11 heavy (non-hydrogen) atoms. The molecule has 0 aliphatic rings. The minimum Gasteiger partial charge on any atom is -0.462 e. The summed E-state index contributed by atoms with van der Waals surface area (Å²) in [7, 11) is 0. The van der Waals surface area contributed by atoms with Crippen molar-refractivity contribution in [3.63, 3.8) is 0 Å². The normalized spacial score (nSPS) is 11.0. The summed E-state index contributed by atoms with van der Waals surface area (Å²) in [6.07, 6.45) is 0. The Balaban J connectivity index is 4.12. The maximum absolute atomic E-state index is 10.8. The summed E-state index contributed by atoms with van der Waals surface area (Å²) in [4.78, 5) is 14.5. The molecular formula is C7H12N2O2. The first-order valence-corrected chi connectivity index (χ1v) is 3.35. The Hall–Kier alpha value is -1.19. The molecule has 0 saturated heterocycles. The minimum absolute atomic E-state index is 0.107. The van der Waals surface area contributed by atoms with E-state index in [0.29, 0.717) is 6.61 Å². The van der Waals surface area contributed by atoms with E-state index in [2.05, 4.69) is 9.73 Å². The number of ether oxygens (including phenoxy) is 1. The van der Waals surface area contributed by atoms with Crippen LogP contribution >= 0.6 is 0 Å². The van der Waals surface area contributed by atoms with Crippen LogP contribution in [0.3, 0.4) is 0 Å². The Bertz CT molecular complexity index is 197. The van der Waals surface area contributed by atoms with Crippen LogP contribution in [0.25, 0.3) is 0 Å². The first-order valence-electron chi connectivity index (χ1n) is 3.35. The third-order valence-corrected chi connectivity index (χ3v) is 0.906. The molecule has 0 aromatic rings. The van der Waals surface area contributed by atoms with Crippen molar-refractivity contribution in [3.8, 4) is 0 Å². The Labute approximate surface area is 65.8 Å². The van der Waals surface area contributed by atoms with Crippen LogP contribution in [0.4, 0.5) is 0 Å². The summed E-state index contributed by atoms with van der Waals surface area (Å²) in [5.74, 6) is -0.352. The Morgan fingerprint density at radius 1 is 1.55 bits per heavy atom. The van der Waals surface area contributed by atoms with Crippen molar-refractivity contribution in [2.45, 2.75) is 20.8 Å². The van der Waals surface area contributed by atoms with Crippen LogP contribution in [0, 0.1) is 5.41 Å². The fourth-order valence-electron chi connectivity index (χ4n) is 0.533. The number of aliphatic imine (C=N–C) groups is 1. The molecule has 4 nitrogen and oxygen atoms in total. The van der Waals surface area contributed by atoms with Gasteiger partial charge in [0.2, 0.25) is 0 Å². The third-order valence-electron chi connectivity index (χ3n) is 0.906. The molecule has 1 N–H and O–H groups in total. The average Bonchev–Trinajstić information content (AvgIpc) is 1.86. The third kappa shape index (κ3) is 4.25. The predicted octanol–water partition coefficient (Wildman–Crippen LogP) is 1.01. The van der Waals surface area contributed by atoms with E-state index in [-0.39, 0.29) is 11.5 Å². The topological polar surface area (TPSA) is 62.5 Å². The van der Waals surface area contributed by atoms with E-state index in [1.54, 1.807) is 6.92 Å². The van der Waals surface area contributed by atoms with Gasteiger partial charge in [0.05, 0.1) is 6.61 Å². The van der Waals surface area contributed by atoms with Gasteiger partial charge < -0.3 is 4.74 Å². The van der Waals surface area contributed by atoms with Crippen molar-refractivity contribution in [1.29, 1.82) is 5.41 Å². The van der Waals surface area contributed by atoms with Crippen molar-refractivity contribution in [1.82, 2.24) is 0 Å². The zero-order valence-electron chi connectivity index (χ0n) is 6.97. The van der Waals surface area contributed by atoms with Crippen LogP contribution in [0.2, 0.25) is 0 Å². The van der Waals surface area contributed by atoms with Crippen LogP contribution in [0.15, 0.2) is 4.99 Å². The van der Waals surface area contributed by atoms with Crippen LogP contribution < -0.4 is 0 Å². The van der Waals surface area contributed by atoms with Gasteiger partial charge in [-0.05, 0) is 20.8 Å². The van der Waals surface area contributed by atoms with E-state index in [4.69, 9.17) is 5.41 Å². The lowest BCUT2D eigenvalue weighted by Gasteiger charge is -1.98. The molecule has 0 radical (unpaired) electrons. The number of carbonyl (C=O) groups excluding carboxylic acids is 1. The predicted molar refractivity (Wildman–Crippen MR) is 43.1 cm³/mol. The number of rotatable bonds is 2. The van der Waals surface area contributed by atoms with E-state index < -0.39 is 5.97 Å². The highest BCUT2D eigenvalue weighted by Crippen LogP contribution is 1.85. The molecule has 0 aliphatic heterocycles. The van der Waals surface area contributed by atoms with Crippen molar-refractivity contribution in [2.75, 3.05) is 6.61 Å². The van der Waals surface area contributed by atoms with Gasteiger partial charge in [0, 0.05) is 0 Å². The summed E-state index contributed by atoms with van der Waals surface area (Å²) in [5, 5.41) is 6.95. The number of nitrogens with zero attached hydrogens (tertiary/aromatic N) is 1. The number of amidine groups is 1. The molecule has 0 fully saturated rings. The van der Waals surface area contributed by atoms with Gasteiger partial charge >= 0.3 is 5.97 Å². The molecule has 0 heterocycles. The first kappa shape index (κ1) is 9.81. The van der Waals surface area contributed by atoms with E-state index in [1.165, 1.54) is 13.8 Å². The van der Waals surface area contributed by atoms with E-state index in [0.717, 1.165) is 0 Å². The molecule has 0 amide bonds. The summed E-state index contributed by atoms with van der Waals surface area (Å²) in [6, 6.07) is 0. The van der Waals surface area contributed by atoms with Gasteiger partial charge in [-0.2, -0.15) is 0 Å². The monoisotopic (exact) mass is 156 g/mol. The van der Waals surface area contributed by atoms with Crippen LogP contribution in [0.5, 0.6) is 0 Å². The summed E-state index contributed by atoms with van der Waals surface area (Å²) < 4.78 is 4.64. The molecule has 0 aliphatic carbocycles. The summed E-state index contributed by atoms with van der Waals surface area (Å²) in [5.41, 5.74) is 0.222. The van der Waals surface area contributed by atoms with Gasteiger partial charge in [-0.1, -0.05) is 0 Å². The molecule has 0 aromatic heterocycles. The van der Waals surface area contributed by atoms with Gasteiger partial charge in [0.1, 0.15) is 11.5 Å². The maximum Gasteiger partial charge on any atom is 0.352 e. The zero-order chi connectivity index (χ0) is 8.85. The number of esters is 1. The Kier molecular flexibility index (Phi) is 4.10. The smallest absolute Gasteiger partial charge is 0.352 e. The Morgan fingerprint density at radius 3 is 2.45 bits per heavy atom. The molecule has 0 bridgehead atoms. The van der Waals surface area contributed by atoms with Gasteiger partial charge in [0.25, 0.3) is 0 Å². The number of carbonyl (C=O) groups is 1. The molecule has 0 rings (SSSR count). The standard InChI is InChI=1S/C7H12N2O2/c1-4-11-7(10)5(2)9-6(3)8/h8H,4H2,1-3H3/b8-6?,9-5+. The zero-order valence-corrected chi connectivity index (χ0v) is 6.97. The average molecular weight is 156 g/mol. The largest absolute Gasteiger partial charge is 0.462 e. The molecule has 0 atom stereocenters. The van der Waals surface area contributed by atoms with Crippen molar-refractivity contribution < 1.29 is 9.53 Å². The second kappa shape index (κ2) is 4.60. The van der Waals surface area contributed by atoms with E-state index in [1.807, 2.05) is 0 Å². The fraction of sp³-hybridized carbons (Fsp3) is 0.571. The Morgan fingerprint density at radius 2 is 2.09 bits per heavy atom. The van der Waals surface area contributed by atoms with Crippen LogP contribution in [-0.2, 0) is 9.53 Å². The quantitative estimate of drug-likeness (QED) is 0.368. The number of nitrogens with one attached hydrogen (secondary N) is 1. The molecule has 62 valence electrons. The summed E-state index contributed by atoms with van der Waals surface area (Å²) in [6.45, 7) is 5.09. The highest BCUT2D eigenvalue weighted by atomic mass is 16.5. The highest BCUT2D eigenvalue weighted by Gasteiger charge is 2.05. The van der Waals surface area contributed by atoms with Gasteiger partial charge in [-0.3, -0.25) is 5.41 Å². The van der Waals surface area contributed by atoms with E-state index in [9.17, 15) is 4.79 Å². The highest BCUT2D eigenvalue weighted by molar-refractivity contribution is 6.37. The van der Waals surface area contributed by atoms with Gasteiger partial charge in [-0.15, -0.1) is 0 Å². The van der Waals surface area contributed by atoms with Crippen molar-refractivity contribution >= 4 is 17.5 Å². The number of hydrogen-bond acceptors (Lipinski definition) is 3. The molecule has 4 heteroatoms. The van der Waals surface area contributed by atoms with Crippen LogP contribution in [0.1, 0.15) is 20.8 Å². The lowest BCUT2D eigenvalue weighted by molar-refractivity contribution is -0.135. The van der Waals surface area contributed by atoms with Crippen molar-refractivity contribution in [3.05, 3.63) is 0 Å². The fourth-order valence-corrected chi connectivity index (χ4v) is 0.533. The molecule has 0 aromatic carbocycles. The molecule has 0 saturated carbocycles. The SMILES string of the molecule is CCOC(=O)/C(C)=N/C(C)=N. The van der Waals surface area contributed by atoms with E-state index >= 15 is 0 Å². The second-order valence-corrected chi connectivity index (χ2v) is 2.00. The number of hydrogen-bond donors (Lipinski definition) is 1.